The smallest absolute Gasteiger partial charge is 0.335 e. The van der Waals surface area contributed by atoms with Crippen molar-refractivity contribution in [1.29, 1.82) is 0 Å². The Balaban J connectivity index is 1.59. The Morgan fingerprint density at radius 2 is 1.65 bits per heavy atom. The number of hydrogen-bond donors (Lipinski definition) is 3. The first-order chi connectivity index (χ1) is 14.8. The Bertz CT molecular complexity index is 1140. The molecule has 3 aromatic rings. The number of halogens is 2. The molecule has 0 aliphatic rings. The summed E-state index contributed by atoms with van der Waals surface area (Å²) in [4.78, 5) is 36.3. The van der Waals surface area contributed by atoms with E-state index >= 15 is 0 Å². The minimum Gasteiger partial charge on any atom is -0.478 e. The van der Waals surface area contributed by atoms with Crippen LogP contribution >= 0.6 is 23.4 Å². The summed E-state index contributed by atoms with van der Waals surface area (Å²) in [6, 6.07) is 16.1. The van der Waals surface area contributed by atoms with Gasteiger partial charge in [-0.15, -0.1) is 11.8 Å². The molecule has 3 rings (SSSR count). The van der Waals surface area contributed by atoms with Crippen LogP contribution in [-0.4, -0.2) is 28.6 Å². The fourth-order valence-corrected chi connectivity index (χ4v) is 3.48. The molecule has 3 N–H and O–H groups in total. The first-order valence-electron chi connectivity index (χ1n) is 8.94. The van der Waals surface area contributed by atoms with Gasteiger partial charge in [-0.1, -0.05) is 17.7 Å². The maximum atomic E-state index is 13.0. The molecule has 158 valence electrons. The average molecular weight is 459 g/mol. The van der Waals surface area contributed by atoms with Gasteiger partial charge in [0.15, 0.2) is 0 Å². The van der Waals surface area contributed by atoms with E-state index < -0.39 is 11.8 Å². The number of nitrogens with one attached hydrogen (secondary N) is 2. The fraction of sp³-hybridized carbons (Fsp3) is 0.0455. The minimum atomic E-state index is -1.12. The van der Waals surface area contributed by atoms with Crippen molar-refractivity contribution in [3.8, 4) is 0 Å². The number of carboxylic acid groups (broad SMARTS) is 1. The highest BCUT2D eigenvalue weighted by Gasteiger charge is 2.11. The van der Waals surface area contributed by atoms with Gasteiger partial charge in [-0.2, -0.15) is 0 Å². The van der Waals surface area contributed by atoms with Crippen molar-refractivity contribution in [2.45, 2.75) is 4.90 Å². The molecule has 0 atom stereocenters. The Morgan fingerprint density at radius 1 is 0.935 bits per heavy atom. The number of anilines is 2. The van der Waals surface area contributed by atoms with Gasteiger partial charge in [-0.3, -0.25) is 9.59 Å². The number of thioether (sulfide) groups is 1. The predicted molar refractivity (Wildman–Crippen MR) is 119 cm³/mol. The van der Waals surface area contributed by atoms with Crippen LogP contribution in [-0.2, 0) is 4.79 Å². The summed E-state index contributed by atoms with van der Waals surface area (Å²) in [5.41, 5.74) is 1.07. The zero-order chi connectivity index (χ0) is 22.4. The van der Waals surface area contributed by atoms with Gasteiger partial charge in [0, 0.05) is 16.1 Å². The molecule has 6 nitrogen and oxygen atoms in total. The van der Waals surface area contributed by atoms with E-state index in [-0.39, 0.29) is 33.8 Å². The van der Waals surface area contributed by atoms with Crippen LogP contribution in [0, 0.1) is 5.82 Å². The fourth-order valence-electron chi connectivity index (χ4n) is 2.56. The first kappa shape index (κ1) is 22.3. The molecule has 0 saturated carbocycles. The van der Waals surface area contributed by atoms with Crippen LogP contribution in [0.4, 0.5) is 15.8 Å². The number of hydrogen-bond acceptors (Lipinski definition) is 4. The average Bonchev–Trinajstić information content (AvgIpc) is 2.74. The molecule has 0 aliphatic carbocycles. The summed E-state index contributed by atoms with van der Waals surface area (Å²) < 4.78 is 13.0. The SMILES string of the molecule is O=C(CSc1cccc(NC(=O)c2ccc(F)cc2)c1)Nc1cc(C(=O)O)ccc1Cl. The largest absolute Gasteiger partial charge is 0.478 e. The van der Waals surface area contributed by atoms with Gasteiger partial charge in [0.05, 0.1) is 22.0 Å². The van der Waals surface area contributed by atoms with Crippen LogP contribution in [0.1, 0.15) is 20.7 Å². The van der Waals surface area contributed by atoms with Crippen molar-refractivity contribution < 1.29 is 23.9 Å². The molecular weight excluding hydrogens is 443 g/mol. The zero-order valence-electron chi connectivity index (χ0n) is 15.9. The number of aromatic carboxylic acids is 1. The van der Waals surface area contributed by atoms with Gasteiger partial charge < -0.3 is 15.7 Å². The van der Waals surface area contributed by atoms with Crippen LogP contribution in [0.5, 0.6) is 0 Å². The van der Waals surface area contributed by atoms with Crippen molar-refractivity contribution in [2.24, 2.45) is 0 Å². The van der Waals surface area contributed by atoms with Crippen LogP contribution in [0.2, 0.25) is 5.02 Å². The van der Waals surface area contributed by atoms with Crippen LogP contribution in [0.15, 0.2) is 71.6 Å². The molecule has 2 amide bonds. The van der Waals surface area contributed by atoms with Crippen LogP contribution in [0.3, 0.4) is 0 Å². The molecule has 0 heterocycles. The molecular formula is C22H16ClFN2O4S. The molecule has 31 heavy (non-hydrogen) atoms. The summed E-state index contributed by atoms with van der Waals surface area (Å²) in [5.74, 6) is -2.25. The highest BCUT2D eigenvalue weighted by molar-refractivity contribution is 8.00. The number of carboxylic acids is 1. The van der Waals surface area contributed by atoms with Gasteiger partial charge in [0.1, 0.15) is 5.82 Å². The second-order valence-electron chi connectivity index (χ2n) is 6.33. The summed E-state index contributed by atoms with van der Waals surface area (Å²) in [6.45, 7) is 0. The second kappa shape index (κ2) is 10.1. The van der Waals surface area contributed by atoms with E-state index in [2.05, 4.69) is 10.6 Å². The molecule has 0 aromatic heterocycles. The number of amides is 2. The predicted octanol–water partition coefficient (Wildman–Crippen LogP) is 5.16. The topological polar surface area (TPSA) is 95.5 Å². The van der Waals surface area contributed by atoms with E-state index in [4.69, 9.17) is 16.7 Å². The Morgan fingerprint density at radius 3 is 2.35 bits per heavy atom. The minimum absolute atomic E-state index is 0.0111. The van der Waals surface area contributed by atoms with Gasteiger partial charge >= 0.3 is 5.97 Å². The van der Waals surface area contributed by atoms with Crippen LogP contribution < -0.4 is 10.6 Å². The molecule has 0 spiro atoms. The quantitative estimate of drug-likeness (QED) is 0.425. The van der Waals surface area contributed by atoms with Crippen molar-refractivity contribution in [1.82, 2.24) is 0 Å². The third kappa shape index (κ3) is 6.31. The van der Waals surface area contributed by atoms with E-state index in [1.165, 1.54) is 54.2 Å². The molecule has 0 radical (unpaired) electrons. The lowest BCUT2D eigenvalue weighted by atomic mass is 10.2. The summed E-state index contributed by atoms with van der Waals surface area (Å²) in [6.07, 6.45) is 0. The zero-order valence-corrected chi connectivity index (χ0v) is 17.5. The number of rotatable bonds is 7. The Kier molecular flexibility index (Phi) is 7.28. The van der Waals surface area contributed by atoms with E-state index in [1.807, 2.05) is 0 Å². The highest BCUT2D eigenvalue weighted by Crippen LogP contribution is 2.25. The molecule has 0 unspecified atom stereocenters. The van der Waals surface area contributed by atoms with Crippen molar-refractivity contribution in [3.63, 3.8) is 0 Å². The number of carbonyl (C=O) groups is 3. The lowest BCUT2D eigenvalue weighted by Crippen LogP contribution is -2.15. The molecule has 0 fully saturated rings. The lowest BCUT2D eigenvalue weighted by Gasteiger charge is -2.09. The molecule has 0 bridgehead atoms. The third-order valence-corrected chi connectivity index (χ3v) is 5.38. The Labute approximate surface area is 186 Å². The monoisotopic (exact) mass is 458 g/mol. The molecule has 3 aromatic carbocycles. The normalized spacial score (nSPS) is 10.4. The molecule has 0 saturated heterocycles. The Hall–Kier alpha value is -3.36. The van der Waals surface area contributed by atoms with Gasteiger partial charge in [-0.05, 0) is 60.7 Å². The highest BCUT2D eigenvalue weighted by atomic mass is 35.5. The van der Waals surface area contributed by atoms with Crippen molar-refractivity contribution in [2.75, 3.05) is 16.4 Å². The first-order valence-corrected chi connectivity index (χ1v) is 10.3. The van der Waals surface area contributed by atoms with Gasteiger partial charge in [0.25, 0.3) is 5.91 Å². The van der Waals surface area contributed by atoms with E-state index in [0.717, 1.165) is 4.90 Å². The standard InChI is InChI=1S/C22H16ClFN2O4S/c23-18-9-6-14(22(29)30)10-19(18)26-20(27)12-31-17-3-1-2-16(11-17)25-21(28)13-4-7-15(24)8-5-13/h1-11H,12H2,(H,25,28)(H,26,27)(H,29,30). The summed E-state index contributed by atoms with van der Waals surface area (Å²) >= 11 is 7.25. The second-order valence-corrected chi connectivity index (χ2v) is 7.78. The third-order valence-electron chi connectivity index (χ3n) is 4.06. The van der Waals surface area contributed by atoms with E-state index in [9.17, 15) is 18.8 Å². The van der Waals surface area contributed by atoms with Crippen LogP contribution in [0.25, 0.3) is 0 Å². The number of carbonyl (C=O) groups excluding carboxylic acids is 2. The van der Waals surface area contributed by atoms with E-state index in [0.29, 0.717) is 11.3 Å². The maximum absolute atomic E-state index is 13.0. The van der Waals surface area contributed by atoms with Gasteiger partial charge in [-0.25, -0.2) is 9.18 Å². The van der Waals surface area contributed by atoms with Crippen molar-refractivity contribution in [3.05, 3.63) is 88.7 Å². The van der Waals surface area contributed by atoms with E-state index in [1.54, 1.807) is 24.3 Å². The van der Waals surface area contributed by atoms with Gasteiger partial charge in [0.2, 0.25) is 5.91 Å². The summed E-state index contributed by atoms with van der Waals surface area (Å²) in [5, 5.41) is 14.6. The number of benzene rings is 3. The summed E-state index contributed by atoms with van der Waals surface area (Å²) in [7, 11) is 0. The lowest BCUT2D eigenvalue weighted by molar-refractivity contribution is -0.113. The maximum Gasteiger partial charge on any atom is 0.335 e. The molecule has 9 heteroatoms. The molecule has 0 aliphatic heterocycles. The van der Waals surface area contributed by atoms with Crippen molar-refractivity contribution >= 4 is 52.5 Å².